The second-order valence-electron chi connectivity index (χ2n) is 12.9. The minimum absolute atomic E-state index is 0.0236. The summed E-state index contributed by atoms with van der Waals surface area (Å²) >= 11 is 0. The minimum atomic E-state index is -0.0236. The highest BCUT2D eigenvalue weighted by Crippen LogP contribution is 2.62. The third-order valence-electron chi connectivity index (χ3n) is 11.2. The van der Waals surface area contributed by atoms with E-state index in [9.17, 15) is 0 Å². The van der Waals surface area contributed by atoms with Crippen molar-refractivity contribution in [2.45, 2.75) is 102 Å². The molecule has 0 N–H and O–H groups in total. The van der Waals surface area contributed by atoms with Gasteiger partial charge in [0.25, 0.3) is 0 Å². The van der Waals surface area contributed by atoms with Gasteiger partial charge in [-0.2, -0.15) is 0 Å². The Morgan fingerprint density at radius 2 is 0.622 bits per heavy atom. The quantitative estimate of drug-likeness (QED) is 0.204. The zero-order valence-corrected chi connectivity index (χ0v) is 25.5. The van der Waals surface area contributed by atoms with E-state index in [4.69, 9.17) is 0 Å². The lowest BCUT2D eigenvalue weighted by Gasteiger charge is -2.28. The molecule has 2 aliphatic rings. The van der Waals surface area contributed by atoms with E-state index in [2.05, 4.69) is 96.9 Å². The maximum atomic E-state index is 2.47. The topological polar surface area (TPSA) is 0 Å². The van der Waals surface area contributed by atoms with Crippen LogP contribution in [0.15, 0.2) is 0 Å². The zero-order valence-electron chi connectivity index (χ0n) is 25.5. The van der Waals surface area contributed by atoms with Gasteiger partial charge in [-0.15, -0.1) is 0 Å². The Bertz CT molecular complexity index is 1780. The van der Waals surface area contributed by atoms with Crippen LogP contribution in [0.2, 0.25) is 0 Å². The van der Waals surface area contributed by atoms with Crippen LogP contribution in [-0.4, -0.2) is 0 Å². The van der Waals surface area contributed by atoms with Crippen LogP contribution < -0.4 is 0 Å². The molecule has 0 aliphatic heterocycles. The van der Waals surface area contributed by atoms with Gasteiger partial charge in [0.1, 0.15) is 0 Å². The molecule has 0 atom stereocenters. The highest BCUT2D eigenvalue weighted by atomic mass is 14.5. The van der Waals surface area contributed by atoms with Gasteiger partial charge in [0.2, 0.25) is 0 Å². The van der Waals surface area contributed by atoms with Gasteiger partial charge in [-0.1, -0.05) is 13.8 Å². The molecule has 0 heteroatoms. The third kappa shape index (κ3) is 2.51. The fraction of sp³-hybridized carbons (Fsp3) is 0.405. The zero-order chi connectivity index (χ0) is 27.2. The minimum Gasteiger partial charge on any atom is -0.0516 e. The summed E-state index contributed by atoms with van der Waals surface area (Å²) in [6.45, 7) is 33.2. The molecule has 4 aromatic carbocycles. The van der Waals surface area contributed by atoms with Crippen molar-refractivity contribution in [1.29, 1.82) is 0 Å². The summed E-state index contributed by atoms with van der Waals surface area (Å²) in [5.74, 6) is 0. The van der Waals surface area contributed by atoms with Crippen molar-refractivity contribution in [3.05, 3.63) is 77.9 Å². The smallest absolute Gasteiger partial charge is 0.0164 e. The van der Waals surface area contributed by atoms with E-state index in [0.29, 0.717) is 0 Å². The molecule has 190 valence electrons. The summed E-state index contributed by atoms with van der Waals surface area (Å²) in [5, 5.41) is 3.00. The van der Waals surface area contributed by atoms with E-state index in [1.54, 1.807) is 11.1 Å². The molecule has 0 bridgehead atoms. The molecule has 0 aromatic heterocycles. The van der Waals surface area contributed by atoms with Gasteiger partial charge >= 0.3 is 0 Å². The molecule has 0 fully saturated rings. The largest absolute Gasteiger partial charge is 0.0516 e. The van der Waals surface area contributed by atoms with E-state index in [1.807, 2.05) is 0 Å². The summed E-state index contributed by atoms with van der Waals surface area (Å²) in [6.07, 6.45) is 0. The second-order valence-corrected chi connectivity index (χ2v) is 12.9. The lowest BCUT2D eigenvalue weighted by atomic mass is 9.75. The molecule has 0 spiro atoms. The van der Waals surface area contributed by atoms with Gasteiger partial charge in [0.05, 0.1) is 0 Å². The first kappa shape index (κ1) is 24.5. The number of fused-ring (bicyclic) bond motifs is 6. The molecule has 2 aliphatic carbocycles. The second kappa shape index (κ2) is 7.16. The summed E-state index contributed by atoms with van der Waals surface area (Å²) in [4.78, 5) is 0. The van der Waals surface area contributed by atoms with Crippen LogP contribution >= 0.6 is 0 Å². The number of aryl methyl sites for hydroxylation is 2. The average molecular weight is 487 g/mol. The summed E-state index contributed by atoms with van der Waals surface area (Å²) in [7, 11) is 0. The fourth-order valence-electron chi connectivity index (χ4n) is 8.59. The summed E-state index contributed by atoms with van der Waals surface area (Å²) in [6, 6.07) is 0. The van der Waals surface area contributed by atoms with Crippen LogP contribution in [0, 0.1) is 83.1 Å². The van der Waals surface area contributed by atoms with Crippen molar-refractivity contribution in [3.63, 3.8) is 0 Å². The lowest BCUT2D eigenvalue weighted by Crippen LogP contribution is -2.19. The fourth-order valence-corrected chi connectivity index (χ4v) is 8.59. The molecule has 0 unspecified atom stereocenters. The summed E-state index contributed by atoms with van der Waals surface area (Å²) in [5.41, 5.74) is 29.7. The first-order valence-corrected chi connectivity index (χ1v) is 14.0. The van der Waals surface area contributed by atoms with Gasteiger partial charge in [-0.05, 0) is 205 Å². The predicted octanol–water partition coefficient (Wildman–Crippen LogP) is 10.5. The Kier molecular flexibility index (Phi) is 4.74. The molecular formula is C37H42. The molecule has 0 saturated heterocycles. The molecule has 37 heavy (non-hydrogen) atoms. The Balaban J connectivity index is 1.92. The van der Waals surface area contributed by atoms with Crippen LogP contribution in [0.25, 0.3) is 44.2 Å². The number of rotatable bonds is 0. The molecule has 0 heterocycles. The highest BCUT2D eigenvalue weighted by Gasteiger charge is 2.44. The Morgan fingerprint density at radius 1 is 0.270 bits per heavy atom. The maximum absolute atomic E-state index is 2.47. The van der Waals surface area contributed by atoms with E-state index >= 15 is 0 Å². The van der Waals surface area contributed by atoms with E-state index in [1.165, 1.54) is 111 Å². The molecule has 0 saturated carbocycles. The standard InChI is InChI=1S/C37H42/c1-15-16(2)24(10)35-32(23(15)9)33-25(11)30-28-21(7)17(3)19(5)27-20(6)18(4)22(8)29(34(27)28)31(30)26(12)36(33)37(35,13)14/h1-14H3. The predicted molar refractivity (Wildman–Crippen MR) is 163 cm³/mol. The van der Waals surface area contributed by atoms with Crippen molar-refractivity contribution in [1.82, 2.24) is 0 Å². The number of benzene rings is 4. The van der Waals surface area contributed by atoms with Gasteiger partial charge < -0.3 is 0 Å². The van der Waals surface area contributed by atoms with Gasteiger partial charge in [-0.25, -0.2) is 0 Å². The molecule has 0 nitrogen and oxygen atoms in total. The molecule has 0 radical (unpaired) electrons. The van der Waals surface area contributed by atoms with Gasteiger partial charge in [-0.3, -0.25) is 0 Å². The van der Waals surface area contributed by atoms with Crippen LogP contribution in [0.1, 0.15) is 91.7 Å². The van der Waals surface area contributed by atoms with Crippen molar-refractivity contribution in [2.75, 3.05) is 0 Å². The Hall–Kier alpha value is -2.86. The van der Waals surface area contributed by atoms with Crippen LogP contribution in [-0.2, 0) is 5.41 Å². The average Bonchev–Trinajstić information content (AvgIpc) is 3.32. The highest BCUT2D eigenvalue weighted by molar-refractivity contribution is 6.22. The van der Waals surface area contributed by atoms with Crippen LogP contribution in [0.5, 0.6) is 0 Å². The van der Waals surface area contributed by atoms with Crippen LogP contribution in [0.4, 0.5) is 0 Å². The third-order valence-corrected chi connectivity index (χ3v) is 11.2. The number of hydrogen-bond donors (Lipinski definition) is 0. The van der Waals surface area contributed by atoms with Gasteiger partial charge in [0, 0.05) is 5.41 Å². The first-order chi connectivity index (χ1) is 17.2. The van der Waals surface area contributed by atoms with Crippen molar-refractivity contribution in [2.24, 2.45) is 0 Å². The Morgan fingerprint density at radius 3 is 1.14 bits per heavy atom. The van der Waals surface area contributed by atoms with Crippen molar-refractivity contribution in [3.8, 4) is 33.4 Å². The SMILES string of the molecule is Cc1c(C)c(C)c2c(c1C)-c1c(C)c3c(c(C)c1C2(C)C)-c1c(C)c(C)c(C)c2c(C)c(C)c(C)c-3c12. The lowest BCUT2D eigenvalue weighted by molar-refractivity contribution is 0.649. The monoisotopic (exact) mass is 486 g/mol. The van der Waals surface area contributed by atoms with E-state index < -0.39 is 0 Å². The normalized spacial score (nSPS) is 14.4. The molecular weight excluding hydrogens is 444 g/mol. The molecule has 0 amide bonds. The van der Waals surface area contributed by atoms with Crippen LogP contribution in [0.3, 0.4) is 0 Å². The molecule has 4 aromatic rings. The summed E-state index contributed by atoms with van der Waals surface area (Å²) < 4.78 is 0. The first-order valence-electron chi connectivity index (χ1n) is 14.0. The van der Waals surface area contributed by atoms with E-state index in [-0.39, 0.29) is 5.41 Å². The van der Waals surface area contributed by atoms with Crippen molar-refractivity contribution < 1.29 is 0 Å². The number of hydrogen-bond acceptors (Lipinski definition) is 0. The van der Waals surface area contributed by atoms with Crippen molar-refractivity contribution >= 4 is 10.8 Å². The molecule has 6 rings (SSSR count). The Labute approximate surface area is 224 Å². The van der Waals surface area contributed by atoms with E-state index in [0.717, 1.165) is 0 Å². The maximum Gasteiger partial charge on any atom is 0.0164 e. The van der Waals surface area contributed by atoms with Gasteiger partial charge in [0.15, 0.2) is 0 Å².